The van der Waals surface area contributed by atoms with E-state index < -0.39 is 0 Å². The van der Waals surface area contributed by atoms with Crippen molar-refractivity contribution in [2.75, 3.05) is 0 Å². The molecule has 0 amide bonds. The van der Waals surface area contributed by atoms with E-state index in [1.807, 2.05) is 24.3 Å². The number of carbonyl (C=O) groups excluding carboxylic acids is 1. The average molecular weight is 433 g/mol. The highest BCUT2D eigenvalue weighted by Crippen LogP contribution is 2.45. The molecular weight excluding hydrogens is 392 g/mol. The van der Waals surface area contributed by atoms with Crippen molar-refractivity contribution in [1.29, 1.82) is 0 Å². The maximum absolute atomic E-state index is 12.3. The summed E-state index contributed by atoms with van der Waals surface area (Å²) in [5.74, 6) is 1.85. The molecule has 2 atom stereocenters. The first-order valence-electron chi connectivity index (χ1n) is 12.4. The lowest BCUT2D eigenvalue weighted by Crippen LogP contribution is -2.18. The van der Waals surface area contributed by atoms with E-state index in [-0.39, 0.29) is 11.3 Å². The third-order valence-electron chi connectivity index (χ3n) is 7.06. The van der Waals surface area contributed by atoms with Gasteiger partial charge in [-0.15, -0.1) is 6.58 Å². The van der Waals surface area contributed by atoms with Crippen molar-refractivity contribution in [1.82, 2.24) is 0 Å². The van der Waals surface area contributed by atoms with Crippen molar-refractivity contribution in [3.63, 3.8) is 0 Å². The van der Waals surface area contributed by atoms with E-state index in [4.69, 9.17) is 4.74 Å². The molecule has 3 rings (SSSR count). The Balaban J connectivity index is 1.88. The first-order valence-corrected chi connectivity index (χ1v) is 12.4. The summed E-state index contributed by atoms with van der Waals surface area (Å²) in [5, 5.41) is 0. The van der Waals surface area contributed by atoms with Gasteiger partial charge < -0.3 is 4.74 Å². The Labute approximate surface area is 195 Å². The summed E-state index contributed by atoms with van der Waals surface area (Å²) < 4.78 is 6.44. The zero-order valence-corrected chi connectivity index (χ0v) is 20.2. The van der Waals surface area contributed by atoms with Crippen molar-refractivity contribution in [2.45, 2.75) is 90.1 Å². The number of hydrogen-bond acceptors (Lipinski definition) is 2. The van der Waals surface area contributed by atoms with Crippen molar-refractivity contribution in [3.8, 4) is 5.75 Å². The van der Waals surface area contributed by atoms with E-state index >= 15 is 0 Å². The predicted octanol–water partition coefficient (Wildman–Crippen LogP) is 8.15. The molecule has 2 aromatic rings. The van der Waals surface area contributed by atoms with Crippen LogP contribution in [-0.2, 0) is 16.8 Å². The predicted molar refractivity (Wildman–Crippen MR) is 134 cm³/mol. The van der Waals surface area contributed by atoms with Gasteiger partial charge in [-0.2, -0.15) is 0 Å². The van der Waals surface area contributed by atoms with Gasteiger partial charge in [-0.25, -0.2) is 0 Å². The quantitative estimate of drug-likeness (QED) is 0.250. The SMILES string of the molecule is C=CCC1CC(=O)CC1c1ccc(C(C)(C)CCCCCC)cc1OCc1ccccc1. The van der Waals surface area contributed by atoms with Crippen LogP contribution in [-0.4, -0.2) is 5.78 Å². The Kier molecular flexibility index (Phi) is 8.73. The van der Waals surface area contributed by atoms with Crippen LogP contribution in [0.1, 0.15) is 94.7 Å². The molecule has 0 radical (unpaired) electrons. The van der Waals surface area contributed by atoms with Crippen LogP contribution in [0.15, 0.2) is 61.2 Å². The minimum absolute atomic E-state index is 0.100. The molecule has 1 saturated carbocycles. The van der Waals surface area contributed by atoms with Gasteiger partial charge in [-0.05, 0) is 52.8 Å². The highest BCUT2D eigenvalue weighted by Gasteiger charge is 2.35. The van der Waals surface area contributed by atoms with Gasteiger partial charge in [-0.3, -0.25) is 4.79 Å². The van der Waals surface area contributed by atoms with Crippen LogP contribution < -0.4 is 4.74 Å². The number of Topliss-reactive ketones (excluding diaryl/α,β-unsaturated/α-hetero) is 1. The Bertz CT molecular complexity index is 881. The second kappa shape index (κ2) is 11.5. The van der Waals surface area contributed by atoms with Gasteiger partial charge in [-0.1, -0.05) is 95.0 Å². The Morgan fingerprint density at radius 2 is 1.84 bits per heavy atom. The lowest BCUT2D eigenvalue weighted by atomic mass is 9.78. The Morgan fingerprint density at radius 3 is 2.56 bits per heavy atom. The largest absolute Gasteiger partial charge is 0.489 e. The Hall–Kier alpha value is -2.35. The number of hydrogen-bond donors (Lipinski definition) is 0. The molecule has 2 heteroatoms. The standard InChI is InChI=1S/C30H40O2/c1-5-7-8-12-18-30(3,4)25-16-17-27(28-21-26(31)19-24(28)13-6-2)29(20-25)32-22-23-14-10-9-11-15-23/h6,9-11,14-17,20,24,28H,2,5,7-8,12-13,18-19,21-22H2,1,3-4H3. The molecule has 0 spiro atoms. The molecule has 0 aromatic heterocycles. The van der Waals surface area contributed by atoms with Crippen LogP contribution in [0.25, 0.3) is 0 Å². The number of unbranched alkanes of at least 4 members (excludes halogenated alkanes) is 3. The van der Waals surface area contributed by atoms with Crippen LogP contribution in [0, 0.1) is 5.92 Å². The maximum Gasteiger partial charge on any atom is 0.133 e. The fourth-order valence-electron chi connectivity index (χ4n) is 5.02. The van der Waals surface area contributed by atoms with Crippen LogP contribution in [0.4, 0.5) is 0 Å². The molecule has 0 N–H and O–H groups in total. The third kappa shape index (κ3) is 6.34. The summed E-state index contributed by atoms with van der Waals surface area (Å²) in [6, 6.07) is 17.1. The summed E-state index contributed by atoms with van der Waals surface area (Å²) in [6.45, 7) is 11.4. The maximum atomic E-state index is 12.3. The molecule has 0 saturated heterocycles. The van der Waals surface area contributed by atoms with Gasteiger partial charge in [0.1, 0.15) is 18.1 Å². The smallest absolute Gasteiger partial charge is 0.133 e. The molecule has 32 heavy (non-hydrogen) atoms. The molecule has 2 nitrogen and oxygen atoms in total. The van der Waals surface area contributed by atoms with E-state index in [2.05, 4.69) is 57.7 Å². The van der Waals surface area contributed by atoms with E-state index in [9.17, 15) is 4.79 Å². The average Bonchev–Trinajstić information content (AvgIpc) is 3.16. The lowest BCUT2D eigenvalue weighted by molar-refractivity contribution is -0.117. The highest BCUT2D eigenvalue weighted by molar-refractivity contribution is 5.82. The third-order valence-corrected chi connectivity index (χ3v) is 7.06. The second-order valence-electron chi connectivity index (χ2n) is 10.1. The molecule has 172 valence electrons. The van der Waals surface area contributed by atoms with E-state index in [0.29, 0.717) is 31.1 Å². The summed E-state index contributed by atoms with van der Waals surface area (Å²) in [4.78, 5) is 12.3. The van der Waals surface area contributed by atoms with E-state index in [0.717, 1.165) is 17.7 Å². The Morgan fingerprint density at radius 1 is 1.06 bits per heavy atom. The monoisotopic (exact) mass is 432 g/mol. The first-order chi connectivity index (χ1) is 15.4. The minimum atomic E-state index is 0.100. The molecule has 1 fully saturated rings. The fraction of sp³-hybridized carbons (Fsp3) is 0.500. The number of carbonyl (C=O) groups is 1. The molecule has 1 aliphatic carbocycles. The van der Waals surface area contributed by atoms with Gasteiger partial charge in [0.2, 0.25) is 0 Å². The van der Waals surface area contributed by atoms with Crippen molar-refractivity contribution >= 4 is 5.78 Å². The second-order valence-corrected chi connectivity index (χ2v) is 10.1. The summed E-state index contributed by atoms with van der Waals surface area (Å²) >= 11 is 0. The van der Waals surface area contributed by atoms with Crippen LogP contribution in [0.5, 0.6) is 5.75 Å². The van der Waals surface area contributed by atoms with Crippen LogP contribution in [0.3, 0.4) is 0 Å². The summed E-state index contributed by atoms with van der Waals surface area (Å²) in [7, 11) is 0. The van der Waals surface area contributed by atoms with Crippen LogP contribution in [0.2, 0.25) is 0 Å². The van der Waals surface area contributed by atoms with Gasteiger partial charge in [0.05, 0.1) is 0 Å². The number of allylic oxidation sites excluding steroid dienone is 1. The topological polar surface area (TPSA) is 26.3 Å². The first kappa shape index (κ1) is 24.3. The van der Waals surface area contributed by atoms with Crippen molar-refractivity contribution < 1.29 is 9.53 Å². The number of ketones is 1. The number of ether oxygens (including phenoxy) is 1. The number of rotatable bonds is 12. The van der Waals surface area contributed by atoms with Gasteiger partial charge in [0, 0.05) is 12.8 Å². The molecule has 1 aliphatic rings. The van der Waals surface area contributed by atoms with Gasteiger partial charge >= 0.3 is 0 Å². The molecular formula is C30H40O2. The molecule has 2 unspecified atom stereocenters. The zero-order valence-electron chi connectivity index (χ0n) is 20.2. The van der Waals surface area contributed by atoms with Crippen molar-refractivity contribution in [3.05, 3.63) is 77.9 Å². The van der Waals surface area contributed by atoms with E-state index in [1.165, 1.54) is 43.2 Å². The van der Waals surface area contributed by atoms with Gasteiger partial charge in [0.15, 0.2) is 0 Å². The molecule has 2 aromatic carbocycles. The molecule has 0 bridgehead atoms. The minimum Gasteiger partial charge on any atom is -0.489 e. The van der Waals surface area contributed by atoms with Gasteiger partial charge in [0.25, 0.3) is 0 Å². The van der Waals surface area contributed by atoms with Crippen LogP contribution >= 0.6 is 0 Å². The lowest BCUT2D eigenvalue weighted by Gasteiger charge is -2.28. The summed E-state index contributed by atoms with van der Waals surface area (Å²) in [6.07, 6.45) is 10.4. The molecule has 0 aliphatic heterocycles. The summed E-state index contributed by atoms with van der Waals surface area (Å²) in [5.41, 5.74) is 3.77. The number of benzene rings is 2. The normalized spacial score (nSPS) is 18.7. The van der Waals surface area contributed by atoms with E-state index in [1.54, 1.807) is 0 Å². The zero-order chi connectivity index (χ0) is 23.0. The highest BCUT2D eigenvalue weighted by atomic mass is 16.5. The van der Waals surface area contributed by atoms with Crippen molar-refractivity contribution in [2.24, 2.45) is 5.92 Å². The fourth-order valence-corrected chi connectivity index (χ4v) is 5.02. The molecule has 0 heterocycles.